The van der Waals surface area contributed by atoms with Gasteiger partial charge in [0, 0.05) is 79.4 Å². The number of furan rings is 1. The molecule has 0 saturated heterocycles. The van der Waals surface area contributed by atoms with Crippen LogP contribution in [0.3, 0.4) is 0 Å². The van der Waals surface area contributed by atoms with E-state index in [9.17, 15) is 0 Å². The van der Waals surface area contributed by atoms with E-state index in [1.807, 2.05) is 61.1 Å². The van der Waals surface area contributed by atoms with Gasteiger partial charge in [-0.05, 0) is 178 Å². The minimum Gasteiger partial charge on any atom is -0.456 e. The number of rotatable bonds is 12. The third kappa shape index (κ3) is 13.2. The van der Waals surface area contributed by atoms with Crippen LogP contribution in [0.5, 0.6) is 0 Å². The van der Waals surface area contributed by atoms with Gasteiger partial charge < -0.3 is 4.42 Å². The van der Waals surface area contributed by atoms with Gasteiger partial charge in [-0.2, -0.15) is 0 Å². The third-order valence-electron chi connectivity index (χ3n) is 20.8. The van der Waals surface area contributed by atoms with E-state index < -0.39 is 0 Å². The maximum Gasteiger partial charge on any atom is 0.165 e. The highest BCUT2D eigenvalue weighted by molar-refractivity contribution is 6.07. The van der Waals surface area contributed by atoms with Gasteiger partial charge in [-0.15, -0.1) is 0 Å². The maximum atomic E-state index is 6.56. The zero-order valence-electron chi connectivity index (χ0n) is 59.8. The molecule has 0 aliphatic heterocycles. The molecule has 0 atom stereocenters. The van der Waals surface area contributed by atoms with E-state index in [2.05, 4.69) is 322 Å². The predicted octanol–water partition coefficient (Wildman–Crippen LogP) is 25.6. The van der Waals surface area contributed by atoms with Gasteiger partial charge >= 0.3 is 0 Å². The van der Waals surface area contributed by atoms with E-state index in [-0.39, 0.29) is 0 Å². The van der Waals surface area contributed by atoms with Crippen LogP contribution in [0.4, 0.5) is 0 Å². The smallest absolute Gasteiger partial charge is 0.165 e. The zero-order valence-corrected chi connectivity index (χ0v) is 59.8. The fraction of sp³-hybridized carbons (Fsp3) is 0. The number of pyridine rings is 3. The monoisotopic (exact) mass is 1420 g/mol. The standard InChI is InChI=1S/C53H33N3O.C48H30N6/c1-2-8-34(9-3-1)37-14-20-39(21-15-37)51-54-52(40-22-16-38(17-23-40)43-24-18-35-10-4-6-12-41(35)30-43)56-53(55-51)46-27-29-48-47-28-26-45(32-49(47)57-50(48)33-46)44-25-19-36-11-5-7-13-42(36)31-44;1-4-10-34-25-37(16-13-31(34)7-1)43-22-19-40(28-49-43)46-52-47(41-20-23-44(50-29-41)38-17-14-32-8-2-5-11-35(32)26-38)54-48(53-46)42-21-24-45(51-30-42)39-18-15-33-9-3-6-12-36(33)27-39/h1-33H;1-30H. The Morgan fingerprint density at radius 2 is 0.387 bits per heavy atom. The van der Waals surface area contributed by atoms with Gasteiger partial charge in [0.15, 0.2) is 34.9 Å². The summed E-state index contributed by atoms with van der Waals surface area (Å²) in [7, 11) is 0. The minimum atomic E-state index is 0.518. The highest BCUT2D eigenvalue weighted by Gasteiger charge is 2.19. The molecule has 10 nitrogen and oxygen atoms in total. The van der Waals surface area contributed by atoms with E-state index in [0.717, 1.165) is 117 Å². The molecule has 0 N–H and O–H groups in total. The largest absolute Gasteiger partial charge is 0.456 e. The Morgan fingerprint density at radius 3 is 0.748 bits per heavy atom. The summed E-state index contributed by atoms with van der Waals surface area (Å²) in [5, 5.41) is 14.1. The van der Waals surface area contributed by atoms with Crippen molar-refractivity contribution >= 4 is 75.8 Å². The fourth-order valence-corrected chi connectivity index (χ4v) is 14.8. The van der Waals surface area contributed by atoms with Crippen LogP contribution in [-0.4, -0.2) is 44.9 Å². The van der Waals surface area contributed by atoms with Crippen molar-refractivity contribution in [2.75, 3.05) is 0 Å². The Hall–Kier alpha value is -15.1. The summed E-state index contributed by atoms with van der Waals surface area (Å²) in [4.78, 5) is 44.6. The second kappa shape index (κ2) is 28.3. The first kappa shape index (κ1) is 65.4. The third-order valence-corrected chi connectivity index (χ3v) is 20.8. The Bertz CT molecular complexity index is 6770. The summed E-state index contributed by atoms with van der Waals surface area (Å²) in [6.45, 7) is 0. The molecule has 21 aromatic rings. The molecule has 10 heteroatoms. The molecule has 21 rings (SSSR count). The van der Waals surface area contributed by atoms with Crippen LogP contribution in [0.1, 0.15) is 0 Å². The van der Waals surface area contributed by atoms with Gasteiger partial charge in [-0.3, -0.25) is 15.0 Å². The van der Waals surface area contributed by atoms with Crippen molar-refractivity contribution in [1.82, 2.24) is 44.9 Å². The Labute approximate surface area is 639 Å². The SMILES string of the molecule is c1ccc(-c2ccc(-c3nc(-c4ccc(-c5ccc6ccccc6c5)cc4)nc(-c4ccc5c(c4)oc4cc(-c6ccc7ccccc7c6)ccc45)n3)cc2)cc1.c1ccc2cc(-c3ccc(-c4nc(-c5ccc(-c6ccc7ccccc7c6)nc5)nc(-c5ccc(-c6ccc7ccccc7c6)nc5)n4)cn3)ccc2c1. The number of hydrogen-bond acceptors (Lipinski definition) is 10. The molecular formula is C101H63N9O. The molecule has 111 heavy (non-hydrogen) atoms. The van der Waals surface area contributed by atoms with Gasteiger partial charge in [0.25, 0.3) is 0 Å². The quantitative estimate of drug-likeness (QED) is 0.117. The summed E-state index contributed by atoms with van der Waals surface area (Å²) in [6.07, 6.45) is 5.49. The molecule has 0 fully saturated rings. The molecule has 0 radical (unpaired) electrons. The van der Waals surface area contributed by atoms with Crippen molar-refractivity contribution < 1.29 is 4.42 Å². The Kier molecular flexibility index (Phi) is 16.7. The van der Waals surface area contributed by atoms with E-state index >= 15 is 0 Å². The zero-order chi connectivity index (χ0) is 73.6. The van der Waals surface area contributed by atoms with Gasteiger partial charge in [-0.1, -0.05) is 273 Å². The Balaban J connectivity index is 0.000000145. The molecule has 15 aromatic carbocycles. The van der Waals surface area contributed by atoms with Gasteiger partial charge in [-0.25, -0.2) is 29.9 Å². The average Bonchev–Trinajstić information content (AvgIpc) is 1.64. The maximum absolute atomic E-state index is 6.56. The fourth-order valence-electron chi connectivity index (χ4n) is 14.8. The molecule has 0 spiro atoms. The molecule has 0 aliphatic rings. The van der Waals surface area contributed by atoms with E-state index in [1.165, 1.54) is 59.4 Å². The number of aromatic nitrogens is 9. The lowest BCUT2D eigenvalue weighted by Gasteiger charge is -2.10. The Morgan fingerprint density at radius 1 is 0.153 bits per heavy atom. The van der Waals surface area contributed by atoms with Gasteiger partial charge in [0.05, 0.1) is 17.1 Å². The first-order valence-corrected chi connectivity index (χ1v) is 37.0. The number of benzene rings is 15. The molecular weight excluding hydrogens is 1360 g/mol. The normalized spacial score (nSPS) is 11.4. The molecule has 0 unspecified atom stereocenters. The van der Waals surface area contributed by atoms with E-state index in [1.54, 1.807) is 0 Å². The van der Waals surface area contributed by atoms with Crippen LogP contribution in [0.2, 0.25) is 0 Å². The first-order valence-electron chi connectivity index (χ1n) is 37.0. The van der Waals surface area contributed by atoms with Crippen LogP contribution in [0.25, 0.3) is 211 Å². The topological polar surface area (TPSA) is 129 Å². The van der Waals surface area contributed by atoms with Crippen LogP contribution < -0.4 is 0 Å². The van der Waals surface area contributed by atoms with Crippen LogP contribution >= 0.6 is 0 Å². The number of hydrogen-bond donors (Lipinski definition) is 0. The molecule has 6 aromatic heterocycles. The highest BCUT2D eigenvalue weighted by Crippen LogP contribution is 2.38. The predicted molar refractivity (Wildman–Crippen MR) is 453 cm³/mol. The number of fused-ring (bicyclic) bond motifs is 8. The van der Waals surface area contributed by atoms with Crippen molar-refractivity contribution in [3.05, 3.63) is 383 Å². The van der Waals surface area contributed by atoms with Crippen molar-refractivity contribution in [1.29, 1.82) is 0 Å². The average molecular weight is 1420 g/mol. The molecule has 0 saturated carbocycles. The van der Waals surface area contributed by atoms with Crippen molar-refractivity contribution in [3.63, 3.8) is 0 Å². The lowest BCUT2D eigenvalue weighted by atomic mass is 10.00. The summed E-state index contributed by atoms with van der Waals surface area (Å²) in [5.41, 5.74) is 19.3. The van der Waals surface area contributed by atoms with Crippen molar-refractivity contribution in [2.24, 2.45) is 0 Å². The summed E-state index contributed by atoms with van der Waals surface area (Å²) in [5.74, 6) is 3.36. The van der Waals surface area contributed by atoms with Crippen LogP contribution in [-0.2, 0) is 0 Å². The summed E-state index contributed by atoms with van der Waals surface area (Å²) < 4.78 is 6.56. The summed E-state index contributed by atoms with van der Waals surface area (Å²) >= 11 is 0. The van der Waals surface area contributed by atoms with Crippen molar-refractivity contribution in [2.45, 2.75) is 0 Å². The molecule has 0 amide bonds. The lowest BCUT2D eigenvalue weighted by Crippen LogP contribution is -2.01. The molecule has 0 aliphatic carbocycles. The van der Waals surface area contributed by atoms with Crippen LogP contribution in [0.15, 0.2) is 387 Å². The number of nitrogens with zero attached hydrogens (tertiary/aromatic N) is 9. The van der Waals surface area contributed by atoms with E-state index in [4.69, 9.17) is 49.3 Å². The van der Waals surface area contributed by atoms with Gasteiger partial charge in [0.1, 0.15) is 11.2 Å². The van der Waals surface area contributed by atoms with Crippen molar-refractivity contribution in [3.8, 4) is 135 Å². The second-order valence-corrected chi connectivity index (χ2v) is 27.8. The molecule has 0 bridgehead atoms. The first-order chi connectivity index (χ1) is 54.9. The second-order valence-electron chi connectivity index (χ2n) is 27.8. The van der Waals surface area contributed by atoms with E-state index in [0.29, 0.717) is 34.9 Å². The lowest BCUT2D eigenvalue weighted by molar-refractivity contribution is 0.669. The highest BCUT2D eigenvalue weighted by atomic mass is 16.3. The molecule has 518 valence electrons. The van der Waals surface area contributed by atoms with Crippen LogP contribution in [0, 0.1) is 0 Å². The summed E-state index contributed by atoms with van der Waals surface area (Å²) in [6, 6.07) is 126. The minimum absolute atomic E-state index is 0.518. The van der Waals surface area contributed by atoms with Gasteiger partial charge in [0.2, 0.25) is 0 Å². The molecule has 6 heterocycles.